The Labute approximate surface area is 133 Å². The molecule has 1 amide bonds. The standard InChI is InChI=1S/C14H18INO3S/c1-2-8-16(11-7-9-20(18,19)10-11)14(17)12-5-3-4-6-13(12)15/h3-6,11H,2,7-10H2,1H3. The van der Waals surface area contributed by atoms with E-state index in [1.165, 1.54) is 0 Å². The molecule has 0 saturated carbocycles. The number of rotatable bonds is 4. The van der Waals surface area contributed by atoms with Crippen molar-refractivity contribution in [3.05, 3.63) is 33.4 Å². The highest BCUT2D eigenvalue weighted by Crippen LogP contribution is 2.22. The summed E-state index contributed by atoms with van der Waals surface area (Å²) in [6, 6.07) is 7.25. The summed E-state index contributed by atoms with van der Waals surface area (Å²) < 4.78 is 24.2. The quantitative estimate of drug-likeness (QED) is 0.721. The molecule has 0 spiro atoms. The van der Waals surface area contributed by atoms with Gasteiger partial charge in [-0.25, -0.2) is 8.42 Å². The molecule has 1 aromatic carbocycles. The first-order valence-corrected chi connectivity index (χ1v) is 9.60. The van der Waals surface area contributed by atoms with Crippen molar-refractivity contribution in [1.29, 1.82) is 0 Å². The van der Waals surface area contributed by atoms with Crippen molar-refractivity contribution < 1.29 is 13.2 Å². The van der Waals surface area contributed by atoms with Crippen LogP contribution in [0.5, 0.6) is 0 Å². The molecular formula is C14H18INO3S. The van der Waals surface area contributed by atoms with E-state index in [4.69, 9.17) is 0 Å². The number of sulfone groups is 1. The van der Waals surface area contributed by atoms with Crippen LogP contribution in [0.3, 0.4) is 0 Å². The third-order valence-electron chi connectivity index (χ3n) is 3.48. The van der Waals surface area contributed by atoms with Crippen molar-refractivity contribution in [2.75, 3.05) is 18.1 Å². The number of benzene rings is 1. The summed E-state index contributed by atoms with van der Waals surface area (Å²) in [6.45, 7) is 2.60. The van der Waals surface area contributed by atoms with E-state index in [2.05, 4.69) is 22.6 Å². The van der Waals surface area contributed by atoms with Crippen molar-refractivity contribution in [3.63, 3.8) is 0 Å². The lowest BCUT2D eigenvalue weighted by atomic mass is 10.1. The molecule has 0 aromatic heterocycles. The molecule has 1 aliphatic heterocycles. The normalized spacial score (nSPS) is 20.8. The van der Waals surface area contributed by atoms with Gasteiger partial charge in [-0.15, -0.1) is 0 Å². The van der Waals surface area contributed by atoms with Gasteiger partial charge in [0.2, 0.25) is 0 Å². The van der Waals surface area contributed by atoms with Gasteiger partial charge in [0, 0.05) is 16.2 Å². The Morgan fingerprint density at radius 3 is 2.65 bits per heavy atom. The summed E-state index contributed by atoms with van der Waals surface area (Å²) in [6.07, 6.45) is 1.38. The smallest absolute Gasteiger partial charge is 0.255 e. The summed E-state index contributed by atoms with van der Waals surface area (Å²) in [5.74, 6) is 0.234. The molecule has 0 N–H and O–H groups in total. The second kappa shape index (κ2) is 6.43. The van der Waals surface area contributed by atoms with Gasteiger partial charge in [-0.3, -0.25) is 4.79 Å². The van der Waals surface area contributed by atoms with E-state index in [0.29, 0.717) is 18.5 Å². The summed E-state index contributed by atoms with van der Waals surface area (Å²) in [5, 5.41) is 0. The maximum atomic E-state index is 12.7. The average Bonchev–Trinajstić information content (AvgIpc) is 2.76. The van der Waals surface area contributed by atoms with Crippen molar-refractivity contribution in [2.45, 2.75) is 25.8 Å². The minimum absolute atomic E-state index is 0.0565. The fourth-order valence-electron chi connectivity index (χ4n) is 2.50. The number of carbonyl (C=O) groups excluding carboxylic acids is 1. The van der Waals surface area contributed by atoms with Gasteiger partial charge in [0.05, 0.1) is 17.1 Å². The van der Waals surface area contributed by atoms with Crippen molar-refractivity contribution >= 4 is 38.3 Å². The molecule has 1 fully saturated rings. The molecule has 2 rings (SSSR count). The van der Waals surface area contributed by atoms with Crippen LogP contribution in [0.25, 0.3) is 0 Å². The highest BCUT2D eigenvalue weighted by Gasteiger charge is 2.34. The molecule has 1 atom stereocenters. The van der Waals surface area contributed by atoms with Crippen LogP contribution < -0.4 is 0 Å². The Bertz CT molecular complexity index is 600. The maximum absolute atomic E-state index is 12.7. The van der Waals surface area contributed by atoms with E-state index in [0.717, 1.165) is 9.99 Å². The summed E-state index contributed by atoms with van der Waals surface area (Å²) in [5.41, 5.74) is 0.658. The number of amides is 1. The van der Waals surface area contributed by atoms with Gasteiger partial charge in [0.1, 0.15) is 0 Å². The zero-order chi connectivity index (χ0) is 14.8. The van der Waals surface area contributed by atoms with E-state index in [1.54, 1.807) is 11.0 Å². The predicted octanol–water partition coefficient (Wildman–Crippen LogP) is 2.33. The molecule has 4 nitrogen and oxygen atoms in total. The van der Waals surface area contributed by atoms with Gasteiger partial charge in [0.25, 0.3) is 5.91 Å². The zero-order valence-corrected chi connectivity index (χ0v) is 14.4. The monoisotopic (exact) mass is 407 g/mol. The summed E-state index contributed by atoms with van der Waals surface area (Å²) >= 11 is 2.14. The Hall–Kier alpha value is -0.630. The first-order valence-electron chi connectivity index (χ1n) is 6.70. The molecule has 1 saturated heterocycles. The van der Waals surface area contributed by atoms with Gasteiger partial charge in [0.15, 0.2) is 9.84 Å². The lowest BCUT2D eigenvalue weighted by molar-refractivity contribution is 0.0696. The fourth-order valence-corrected chi connectivity index (χ4v) is 4.85. The molecule has 0 radical (unpaired) electrons. The van der Waals surface area contributed by atoms with E-state index in [-0.39, 0.29) is 23.5 Å². The predicted molar refractivity (Wildman–Crippen MR) is 87.5 cm³/mol. The minimum Gasteiger partial charge on any atom is -0.335 e. The van der Waals surface area contributed by atoms with Crippen molar-refractivity contribution in [3.8, 4) is 0 Å². The van der Waals surface area contributed by atoms with Gasteiger partial charge in [-0.05, 0) is 47.6 Å². The molecule has 110 valence electrons. The van der Waals surface area contributed by atoms with Crippen LogP contribution in [0.1, 0.15) is 30.1 Å². The van der Waals surface area contributed by atoms with E-state index in [1.807, 2.05) is 25.1 Å². The minimum atomic E-state index is -2.98. The van der Waals surface area contributed by atoms with Crippen LogP contribution in [-0.2, 0) is 9.84 Å². The van der Waals surface area contributed by atoms with E-state index in [9.17, 15) is 13.2 Å². The Kier molecular flexibility index (Phi) is 5.06. The zero-order valence-electron chi connectivity index (χ0n) is 11.4. The molecule has 1 aromatic rings. The second-order valence-corrected chi connectivity index (χ2v) is 8.43. The van der Waals surface area contributed by atoms with Gasteiger partial charge < -0.3 is 4.90 Å². The van der Waals surface area contributed by atoms with Crippen molar-refractivity contribution in [2.24, 2.45) is 0 Å². The lowest BCUT2D eigenvalue weighted by Gasteiger charge is -2.28. The van der Waals surface area contributed by atoms with Gasteiger partial charge in [-0.1, -0.05) is 19.1 Å². The van der Waals surface area contributed by atoms with Gasteiger partial charge in [-0.2, -0.15) is 0 Å². The van der Waals surface area contributed by atoms with E-state index < -0.39 is 9.84 Å². The molecule has 20 heavy (non-hydrogen) atoms. The highest BCUT2D eigenvalue weighted by atomic mass is 127. The van der Waals surface area contributed by atoms with Crippen LogP contribution in [0, 0.1) is 3.57 Å². The average molecular weight is 407 g/mol. The molecule has 0 aliphatic carbocycles. The maximum Gasteiger partial charge on any atom is 0.255 e. The molecular weight excluding hydrogens is 389 g/mol. The third kappa shape index (κ3) is 3.52. The van der Waals surface area contributed by atoms with Crippen LogP contribution in [0.4, 0.5) is 0 Å². The largest absolute Gasteiger partial charge is 0.335 e. The summed E-state index contributed by atoms with van der Waals surface area (Å²) in [7, 11) is -2.98. The Morgan fingerprint density at radius 2 is 2.10 bits per heavy atom. The number of halogens is 1. The van der Waals surface area contributed by atoms with Crippen LogP contribution in [0.15, 0.2) is 24.3 Å². The number of hydrogen-bond donors (Lipinski definition) is 0. The fraction of sp³-hybridized carbons (Fsp3) is 0.500. The van der Waals surface area contributed by atoms with Crippen molar-refractivity contribution in [1.82, 2.24) is 4.90 Å². The van der Waals surface area contributed by atoms with Gasteiger partial charge >= 0.3 is 0 Å². The first kappa shape index (κ1) is 15.8. The number of nitrogens with zero attached hydrogens (tertiary/aromatic N) is 1. The molecule has 1 unspecified atom stereocenters. The van der Waals surface area contributed by atoms with Crippen LogP contribution in [-0.4, -0.2) is 43.3 Å². The third-order valence-corrected chi connectivity index (χ3v) is 6.17. The molecule has 0 bridgehead atoms. The Morgan fingerprint density at radius 1 is 1.40 bits per heavy atom. The highest BCUT2D eigenvalue weighted by molar-refractivity contribution is 14.1. The Balaban J connectivity index is 2.25. The number of hydrogen-bond acceptors (Lipinski definition) is 3. The summed E-state index contributed by atoms with van der Waals surface area (Å²) in [4.78, 5) is 14.4. The first-order chi connectivity index (χ1) is 9.44. The topological polar surface area (TPSA) is 54.5 Å². The molecule has 6 heteroatoms. The molecule has 1 heterocycles. The number of carbonyl (C=O) groups is 1. The van der Waals surface area contributed by atoms with Crippen LogP contribution in [0.2, 0.25) is 0 Å². The second-order valence-electron chi connectivity index (χ2n) is 5.04. The van der Waals surface area contributed by atoms with E-state index >= 15 is 0 Å². The lowest BCUT2D eigenvalue weighted by Crippen LogP contribution is -2.41. The van der Waals surface area contributed by atoms with Crippen LogP contribution >= 0.6 is 22.6 Å². The molecule has 1 aliphatic rings. The SMILES string of the molecule is CCCN(C(=O)c1ccccc1I)C1CCS(=O)(=O)C1.